The molecule has 288 valence electrons. The largest absolute Gasteiger partial charge is 0.310 e. The second-order valence-electron chi connectivity index (χ2n) is 17.0. The Hall–Kier alpha value is -6.74. The Labute approximate surface area is 357 Å². The van der Waals surface area contributed by atoms with Gasteiger partial charge in [0.1, 0.15) is 0 Å². The Morgan fingerprint density at radius 3 is 1.77 bits per heavy atom. The van der Waals surface area contributed by atoms with E-state index < -0.39 is 0 Å². The molecule has 0 fully saturated rings. The predicted octanol–water partition coefficient (Wildman–Crippen LogP) is 16.8. The molecular weight excluding hydrogens is 743 g/mol. The van der Waals surface area contributed by atoms with Crippen molar-refractivity contribution < 1.29 is 0 Å². The quantitative estimate of drug-likeness (QED) is 0.155. The zero-order valence-corrected chi connectivity index (χ0v) is 35.0. The predicted molar refractivity (Wildman–Crippen MR) is 259 cm³/mol. The third-order valence-electron chi connectivity index (χ3n) is 12.9. The minimum atomic E-state index is -0.156. The fourth-order valence-corrected chi connectivity index (χ4v) is 10.7. The van der Waals surface area contributed by atoms with Crippen LogP contribution in [0.4, 0.5) is 17.1 Å². The molecule has 0 saturated carbocycles. The van der Waals surface area contributed by atoms with Crippen LogP contribution in [0, 0.1) is 5.92 Å². The Morgan fingerprint density at radius 1 is 0.483 bits per heavy atom. The van der Waals surface area contributed by atoms with Crippen LogP contribution in [-0.2, 0) is 5.41 Å². The molecule has 11 rings (SSSR count). The first-order valence-electron chi connectivity index (χ1n) is 21.1. The Bertz CT molecular complexity index is 3130. The van der Waals surface area contributed by atoms with Gasteiger partial charge in [0.25, 0.3) is 0 Å². The average molecular weight is 788 g/mol. The number of nitrogens with zero attached hydrogens (tertiary/aromatic N) is 1. The molecule has 0 spiro atoms. The first-order chi connectivity index (χ1) is 29.4. The summed E-state index contributed by atoms with van der Waals surface area (Å²) < 4.78 is 2.68. The van der Waals surface area contributed by atoms with E-state index in [-0.39, 0.29) is 5.41 Å². The van der Waals surface area contributed by atoms with Crippen LogP contribution in [0.2, 0.25) is 0 Å². The highest BCUT2D eigenvalue weighted by atomic mass is 32.1. The highest BCUT2D eigenvalue weighted by molar-refractivity contribution is 7.26. The summed E-state index contributed by atoms with van der Waals surface area (Å²) in [6.07, 6.45) is 8.05. The second-order valence-corrected chi connectivity index (χ2v) is 18.1. The van der Waals surface area contributed by atoms with Gasteiger partial charge in [0.05, 0.1) is 0 Å². The fourth-order valence-electron chi connectivity index (χ4n) is 9.49. The van der Waals surface area contributed by atoms with Gasteiger partial charge in [-0.3, -0.25) is 0 Å². The van der Waals surface area contributed by atoms with E-state index in [1.807, 2.05) is 11.3 Å². The van der Waals surface area contributed by atoms with Crippen LogP contribution in [0.25, 0.3) is 70.3 Å². The molecule has 60 heavy (non-hydrogen) atoms. The third-order valence-corrected chi connectivity index (χ3v) is 14.1. The summed E-state index contributed by atoms with van der Waals surface area (Å²) in [7, 11) is 0. The van der Waals surface area contributed by atoms with Crippen molar-refractivity contribution in [2.45, 2.75) is 32.6 Å². The van der Waals surface area contributed by atoms with Crippen molar-refractivity contribution >= 4 is 54.1 Å². The second kappa shape index (κ2) is 14.5. The first kappa shape index (κ1) is 36.3. The highest BCUT2D eigenvalue weighted by Crippen LogP contribution is 2.52. The summed E-state index contributed by atoms with van der Waals surface area (Å²) in [6, 6.07) is 67.6. The molecule has 8 aromatic carbocycles. The molecule has 0 amide bonds. The molecule has 1 nitrogen and oxygen atoms in total. The van der Waals surface area contributed by atoms with E-state index >= 15 is 0 Å². The van der Waals surface area contributed by atoms with Crippen LogP contribution in [0.3, 0.4) is 0 Å². The Balaban J connectivity index is 0.947. The molecule has 0 bridgehead atoms. The monoisotopic (exact) mass is 787 g/mol. The van der Waals surface area contributed by atoms with E-state index in [9.17, 15) is 0 Å². The zero-order valence-electron chi connectivity index (χ0n) is 34.2. The molecule has 1 heterocycles. The van der Waals surface area contributed by atoms with Gasteiger partial charge in [-0.2, -0.15) is 0 Å². The lowest BCUT2D eigenvalue weighted by Gasteiger charge is -2.28. The van der Waals surface area contributed by atoms with Gasteiger partial charge in [0.2, 0.25) is 0 Å². The van der Waals surface area contributed by atoms with Gasteiger partial charge in [-0.25, -0.2) is 0 Å². The zero-order chi connectivity index (χ0) is 40.4. The minimum Gasteiger partial charge on any atom is -0.310 e. The van der Waals surface area contributed by atoms with Crippen LogP contribution < -0.4 is 4.90 Å². The van der Waals surface area contributed by atoms with Crippen LogP contribution >= 0.6 is 11.3 Å². The van der Waals surface area contributed by atoms with E-state index in [4.69, 9.17) is 0 Å². The van der Waals surface area contributed by atoms with Gasteiger partial charge >= 0.3 is 0 Å². The van der Waals surface area contributed by atoms with Gasteiger partial charge < -0.3 is 4.90 Å². The molecular formula is C58H45NS. The fraction of sp³-hybridized carbons (Fsp3) is 0.103. The minimum absolute atomic E-state index is 0.156. The van der Waals surface area contributed by atoms with Crippen LogP contribution in [-0.4, -0.2) is 0 Å². The van der Waals surface area contributed by atoms with Crippen molar-refractivity contribution in [2.24, 2.45) is 5.92 Å². The number of allylic oxidation sites excluding steroid dienone is 4. The van der Waals surface area contributed by atoms with Crippen LogP contribution in [0.1, 0.15) is 43.9 Å². The summed E-state index contributed by atoms with van der Waals surface area (Å²) in [5.74, 6) is 0.589. The number of thiophene rings is 1. The first-order valence-corrected chi connectivity index (χ1v) is 22.0. The molecule has 0 saturated heterocycles. The number of rotatable bonds is 7. The third kappa shape index (κ3) is 6.22. The molecule has 9 aromatic rings. The summed E-state index contributed by atoms with van der Waals surface area (Å²) >= 11 is 1.88. The molecule has 1 aromatic heterocycles. The maximum atomic E-state index is 2.43. The topological polar surface area (TPSA) is 3.24 Å². The normalized spacial score (nSPS) is 15.2. The summed E-state index contributed by atoms with van der Waals surface area (Å²) in [4.78, 5) is 2.42. The lowest BCUT2D eigenvalue weighted by molar-refractivity contribution is 0.660. The van der Waals surface area contributed by atoms with Crippen molar-refractivity contribution in [1.29, 1.82) is 0 Å². The molecule has 0 aliphatic heterocycles. The molecule has 1 atom stereocenters. The van der Waals surface area contributed by atoms with Crippen LogP contribution in [0.5, 0.6) is 0 Å². The SMILES string of the molecule is CC1C=CC(c2ccc(N(c3ccc(-c4ccc(-c5cccc6c5sc5ccccc56)cc4)cc3)c3ccc4c(c3)C(C)(C)c3cc(-c5ccccc5)ccc3-4)cc2)=CC1. The molecule has 1 unspecified atom stereocenters. The van der Waals surface area contributed by atoms with E-state index in [1.165, 1.54) is 86.9 Å². The van der Waals surface area contributed by atoms with E-state index in [0.29, 0.717) is 5.92 Å². The van der Waals surface area contributed by atoms with Crippen molar-refractivity contribution in [3.63, 3.8) is 0 Å². The number of hydrogen-bond donors (Lipinski definition) is 0. The molecule has 2 aliphatic rings. The molecule has 0 N–H and O–H groups in total. The summed E-state index contributed by atoms with van der Waals surface area (Å²) in [6.45, 7) is 7.03. The van der Waals surface area contributed by atoms with E-state index in [0.717, 1.165) is 23.5 Å². The molecule has 0 radical (unpaired) electrons. The van der Waals surface area contributed by atoms with Crippen molar-refractivity contribution in [2.75, 3.05) is 4.90 Å². The smallest absolute Gasteiger partial charge is 0.0465 e. The standard InChI is InChI=1S/C58H45NS/c1-38-16-18-40(19-17-38)42-24-29-46(30-25-42)59(48-33-35-51-50-34-28-45(39-10-5-4-6-11-39)36-54(50)58(2,3)55(51)37-48)47-31-26-43(27-32-47)41-20-22-44(23-21-41)49-13-9-14-53-52-12-7-8-15-56(52)60-57(49)53/h4-16,18-38H,17H2,1-3H3. The molecule has 2 heteroatoms. The number of anilines is 3. The molecule has 2 aliphatic carbocycles. The Kier molecular flexibility index (Phi) is 8.79. The van der Waals surface area contributed by atoms with Crippen molar-refractivity contribution in [3.8, 4) is 44.5 Å². The number of hydrogen-bond acceptors (Lipinski definition) is 2. The van der Waals surface area contributed by atoms with Gasteiger partial charge in [-0.1, -0.05) is 172 Å². The average Bonchev–Trinajstić information content (AvgIpc) is 3.79. The maximum absolute atomic E-state index is 2.43. The van der Waals surface area contributed by atoms with Crippen molar-refractivity contribution in [1.82, 2.24) is 0 Å². The number of fused-ring (bicyclic) bond motifs is 6. The van der Waals surface area contributed by atoms with Gasteiger partial charge in [0, 0.05) is 42.6 Å². The number of benzene rings is 8. The van der Waals surface area contributed by atoms with Crippen molar-refractivity contribution in [3.05, 3.63) is 217 Å². The Morgan fingerprint density at radius 2 is 1.05 bits per heavy atom. The highest BCUT2D eigenvalue weighted by Gasteiger charge is 2.36. The lowest BCUT2D eigenvalue weighted by atomic mass is 9.81. The maximum Gasteiger partial charge on any atom is 0.0465 e. The summed E-state index contributed by atoms with van der Waals surface area (Å²) in [5, 5.41) is 2.67. The van der Waals surface area contributed by atoms with E-state index in [1.54, 1.807) is 0 Å². The van der Waals surface area contributed by atoms with Gasteiger partial charge in [0.15, 0.2) is 0 Å². The lowest BCUT2D eigenvalue weighted by Crippen LogP contribution is -2.16. The summed E-state index contributed by atoms with van der Waals surface area (Å²) in [5.41, 5.74) is 18.7. The van der Waals surface area contributed by atoms with E-state index in [2.05, 4.69) is 226 Å². The van der Waals surface area contributed by atoms with Gasteiger partial charge in [-0.05, 0) is 128 Å². The van der Waals surface area contributed by atoms with Gasteiger partial charge in [-0.15, -0.1) is 11.3 Å². The van der Waals surface area contributed by atoms with Crippen LogP contribution in [0.15, 0.2) is 200 Å².